The highest BCUT2D eigenvalue weighted by molar-refractivity contribution is 5.64. The fourth-order valence-corrected chi connectivity index (χ4v) is 0.391. The molecule has 0 aliphatic heterocycles. The summed E-state index contributed by atoms with van der Waals surface area (Å²) in [6, 6.07) is 0. The van der Waals surface area contributed by atoms with Crippen LogP contribution in [0.25, 0.3) is 0 Å². The number of amides is 1. The van der Waals surface area contributed by atoms with E-state index in [1.54, 1.807) is 0 Å². The summed E-state index contributed by atoms with van der Waals surface area (Å²) in [6.45, 7) is -2.85. The fourth-order valence-electron chi connectivity index (χ4n) is 0.391. The van der Waals surface area contributed by atoms with E-state index in [-0.39, 0.29) is 0 Å². The van der Waals surface area contributed by atoms with Crippen molar-refractivity contribution in [3.05, 3.63) is 0 Å². The number of carboxylic acid groups (broad SMARTS) is 1. The van der Waals surface area contributed by atoms with Crippen LogP contribution in [0.15, 0.2) is 0 Å². The van der Waals surface area contributed by atoms with Crippen LogP contribution < -0.4 is 0 Å². The van der Waals surface area contributed by atoms with Crippen LogP contribution in [0.4, 0.5) is 31.2 Å². The minimum Gasteiger partial charge on any atom is -0.463 e. The van der Waals surface area contributed by atoms with Crippen molar-refractivity contribution in [2.45, 2.75) is 12.0 Å². The van der Waals surface area contributed by atoms with E-state index >= 15 is 0 Å². The third-order valence-corrected chi connectivity index (χ3v) is 1.09. The van der Waals surface area contributed by atoms with Gasteiger partial charge >= 0.3 is 18.1 Å². The molecule has 0 aromatic heterocycles. The topological polar surface area (TPSA) is 40.5 Å². The third kappa shape index (κ3) is 1.95. The van der Waals surface area contributed by atoms with Gasteiger partial charge in [0.25, 0.3) is 0 Å². The van der Waals surface area contributed by atoms with Crippen LogP contribution in [-0.4, -0.2) is 35.0 Å². The van der Waals surface area contributed by atoms with Gasteiger partial charge in [0.2, 0.25) is 0 Å². The zero-order valence-corrected chi connectivity index (χ0v) is 5.78. The summed E-state index contributed by atoms with van der Waals surface area (Å²) < 4.78 is 70.5. The van der Waals surface area contributed by atoms with Gasteiger partial charge in [-0.05, 0) is 0 Å². The minimum absolute atomic E-state index is 2.26. The van der Waals surface area contributed by atoms with E-state index in [0.717, 1.165) is 0 Å². The summed E-state index contributed by atoms with van der Waals surface area (Å²) in [4.78, 5) is 9.60. The van der Waals surface area contributed by atoms with Gasteiger partial charge in [-0.2, -0.15) is 13.2 Å². The van der Waals surface area contributed by atoms with Gasteiger partial charge in [0.15, 0.2) is 6.67 Å². The number of nitrogens with zero attached hydrogens (tertiary/aromatic N) is 1. The Hall–Kier alpha value is -1.15. The Labute approximate surface area is 67.5 Å². The van der Waals surface area contributed by atoms with Crippen molar-refractivity contribution in [1.82, 2.24) is 5.12 Å². The average molecular weight is 211 g/mol. The largest absolute Gasteiger partial charge is 0.463 e. The van der Waals surface area contributed by atoms with Crippen LogP contribution in [0, 0.1) is 0 Å². The molecule has 0 rings (SSSR count). The molecule has 0 spiro atoms. The van der Waals surface area contributed by atoms with Crippen LogP contribution in [0.3, 0.4) is 0 Å². The predicted molar refractivity (Wildman–Crippen MR) is 26.8 cm³/mol. The summed E-state index contributed by atoms with van der Waals surface area (Å²) >= 11 is 0. The monoisotopic (exact) mass is 211 g/mol. The molecule has 0 saturated heterocycles. The maximum atomic E-state index is 12.3. The van der Waals surface area contributed by atoms with Gasteiger partial charge < -0.3 is 5.11 Å². The molecule has 0 aliphatic rings. The SMILES string of the molecule is O=C(O)N(F)C(F)(CF)C(F)(F)F. The zero-order chi connectivity index (χ0) is 10.9. The first kappa shape index (κ1) is 11.8. The maximum absolute atomic E-state index is 12.3. The molecule has 0 heterocycles. The molecule has 0 aliphatic carbocycles. The van der Waals surface area contributed by atoms with E-state index in [2.05, 4.69) is 0 Å². The molecule has 0 aromatic rings. The van der Waals surface area contributed by atoms with Crippen LogP contribution in [-0.2, 0) is 0 Å². The van der Waals surface area contributed by atoms with Crippen molar-refractivity contribution in [2.24, 2.45) is 0 Å². The van der Waals surface area contributed by atoms with Gasteiger partial charge in [-0.25, -0.2) is 13.6 Å². The molecule has 0 radical (unpaired) electrons. The Bertz CT molecular complexity index is 205. The molecule has 13 heavy (non-hydrogen) atoms. The lowest BCUT2D eigenvalue weighted by Gasteiger charge is -2.27. The van der Waals surface area contributed by atoms with E-state index < -0.39 is 29.9 Å². The first-order valence-electron chi connectivity index (χ1n) is 2.67. The summed E-state index contributed by atoms with van der Waals surface area (Å²) in [5.74, 6) is -5.14. The van der Waals surface area contributed by atoms with Crippen molar-refractivity contribution < 1.29 is 36.3 Å². The summed E-state index contributed by atoms with van der Waals surface area (Å²) in [7, 11) is 0. The Morgan fingerprint density at radius 2 is 1.69 bits per heavy atom. The molecule has 3 nitrogen and oxygen atoms in total. The van der Waals surface area contributed by atoms with Crippen molar-refractivity contribution in [3.63, 3.8) is 0 Å². The van der Waals surface area contributed by atoms with Crippen molar-refractivity contribution in [3.8, 4) is 0 Å². The normalized spacial score (nSPS) is 16.5. The highest BCUT2D eigenvalue weighted by Crippen LogP contribution is 2.37. The molecule has 1 amide bonds. The average Bonchev–Trinajstić information content (AvgIpc) is 1.99. The number of rotatable bonds is 2. The van der Waals surface area contributed by atoms with Crippen molar-refractivity contribution in [2.75, 3.05) is 6.67 Å². The van der Waals surface area contributed by atoms with Gasteiger partial charge in [0.1, 0.15) is 0 Å². The van der Waals surface area contributed by atoms with Gasteiger partial charge in [0.05, 0.1) is 0 Å². The minimum atomic E-state index is -5.96. The molecule has 0 saturated carbocycles. The van der Waals surface area contributed by atoms with Gasteiger partial charge in [-0.1, -0.05) is 9.60 Å². The zero-order valence-electron chi connectivity index (χ0n) is 5.78. The number of hydrogen-bond donors (Lipinski definition) is 1. The Morgan fingerprint density at radius 1 is 1.31 bits per heavy atom. The van der Waals surface area contributed by atoms with E-state index in [1.165, 1.54) is 0 Å². The summed E-state index contributed by atoms with van der Waals surface area (Å²) in [5, 5.41) is 5.40. The number of hydrogen-bond acceptors (Lipinski definition) is 1. The quantitative estimate of drug-likeness (QED) is 0.431. The van der Waals surface area contributed by atoms with Crippen LogP contribution in [0.2, 0.25) is 0 Å². The Morgan fingerprint density at radius 3 is 1.77 bits per heavy atom. The molecule has 0 aromatic carbocycles. The third-order valence-electron chi connectivity index (χ3n) is 1.09. The van der Waals surface area contributed by atoms with Crippen LogP contribution in [0.1, 0.15) is 0 Å². The summed E-state index contributed by atoms with van der Waals surface area (Å²) in [5.41, 5.74) is 0. The standard InChI is InChI=1S/C4H3F6NO2/c5-1-3(6,4(7,8)9)11(10)2(12)13/h1H2,(H,12,13). The second kappa shape index (κ2) is 3.30. The number of alkyl halides is 5. The van der Waals surface area contributed by atoms with Crippen LogP contribution >= 0.6 is 0 Å². The van der Waals surface area contributed by atoms with E-state index in [0.29, 0.717) is 0 Å². The molecular formula is C4H3F6NO2. The maximum Gasteiger partial charge on any atom is 0.447 e. The van der Waals surface area contributed by atoms with Gasteiger partial charge in [-0.3, -0.25) is 0 Å². The first-order chi connectivity index (χ1) is 5.66. The molecule has 1 atom stereocenters. The van der Waals surface area contributed by atoms with Crippen molar-refractivity contribution >= 4 is 6.09 Å². The molecule has 1 N–H and O–H groups in total. The van der Waals surface area contributed by atoms with E-state index in [9.17, 15) is 31.2 Å². The second-order valence-electron chi connectivity index (χ2n) is 1.95. The van der Waals surface area contributed by atoms with Gasteiger partial charge in [0, 0.05) is 0 Å². The molecule has 9 heteroatoms. The number of carbonyl (C=O) groups is 1. The predicted octanol–water partition coefficient (Wildman–Crippen LogP) is 2.05. The fraction of sp³-hybridized carbons (Fsp3) is 0.750. The lowest BCUT2D eigenvalue weighted by molar-refractivity contribution is -0.312. The smallest absolute Gasteiger partial charge is 0.447 e. The Kier molecular flexibility index (Phi) is 3.01. The Balaban J connectivity index is 4.95. The second-order valence-corrected chi connectivity index (χ2v) is 1.95. The van der Waals surface area contributed by atoms with Crippen molar-refractivity contribution in [1.29, 1.82) is 0 Å². The van der Waals surface area contributed by atoms with Gasteiger partial charge in [-0.15, -0.1) is 0 Å². The molecule has 1 unspecified atom stereocenters. The first-order valence-corrected chi connectivity index (χ1v) is 2.67. The van der Waals surface area contributed by atoms with Crippen LogP contribution in [0.5, 0.6) is 0 Å². The molecule has 0 fully saturated rings. The molecular weight excluding hydrogens is 208 g/mol. The highest BCUT2D eigenvalue weighted by atomic mass is 19.4. The molecule has 78 valence electrons. The lowest BCUT2D eigenvalue weighted by Crippen LogP contribution is -2.55. The van der Waals surface area contributed by atoms with E-state index in [1.807, 2.05) is 0 Å². The summed E-state index contributed by atoms with van der Waals surface area (Å²) in [6.07, 6.45) is -8.83. The molecule has 0 bridgehead atoms. The highest BCUT2D eigenvalue weighted by Gasteiger charge is 2.63. The van der Waals surface area contributed by atoms with E-state index in [4.69, 9.17) is 5.11 Å². The lowest BCUT2D eigenvalue weighted by atomic mass is 10.3. The number of halogens is 6.